The van der Waals surface area contributed by atoms with Crippen LogP contribution in [0.25, 0.3) is 10.9 Å². The van der Waals surface area contributed by atoms with Crippen molar-refractivity contribution < 1.29 is 13.6 Å². The molecule has 2 N–H and O–H groups in total. The van der Waals surface area contributed by atoms with Gasteiger partial charge in [-0.2, -0.15) is 0 Å². The summed E-state index contributed by atoms with van der Waals surface area (Å²) in [5.41, 5.74) is 5.25. The van der Waals surface area contributed by atoms with Gasteiger partial charge in [-0.1, -0.05) is 17.7 Å². The smallest absolute Gasteiger partial charge is 0.220 e. The topological polar surface area (TPSA) is 46.1 Å². The summed E-state index contributed by atoms with van der Waals surface area (Å²) in [5.74, 6) is -1.78. The summed E-state index contributed by atoms with van der Waals surface area (Å²) in [6.07, 6.45) is 1.95. The highest BCUT2D eigenvalue weighted by atomic mass is 19.1. The van der Waals surface area contributed by atoms with Crippen molar-refractivity contribution >= 4 is 16.8 Å². The Morgan fingerprint density at radius 1 is 1.17 bits per heavy atom. The second-order valence-corrected chi connectivity index (χ2v) is 8.05. The van der Waals surface area contributed by atoms with Gasteiger partial charge in [0.1, 0.15) is 11.6 Å². The van der Waals surface area contributed by atoms with E-state index < -0.39 is 17.6 Å². The van der Waals surface area contributed by atoms with Gasteiger partial charge in [-0.05, 0) is 49.2 Å². The number of hydrogen-bond donors (Lipinski definition) is 2. The van der Waals surface area contributed by atoms with Gasteiger partial charge < -0.3 is 15.2 Å². The first-order valence-corrected chi connectivity index (χ1v) is 10.4. The van der Waals surface area contributed by atoms with E-state index in [0.29, 0.717) is 12.1 Å². The fourth-order valence-electron chi connectivity index (χ4n) is 4.56. The van der Waals surface area contributed by atoms with E-state index >= 15 is 0 Å². The van der Waals surface area contributed by atoms with Gasteiger partial charge in [0, 0.05) is 61.6 Å². The van der Waals surface area contributed by atoms with Crippen LogP contribution < -0.4 is 10.6 Å². The Morgan fingerprint density at radius 2 is 1.97 bits per heavy atom. The SMILES string of the molecule is CNC(=O)CC(Cn1c2c(c3cc(C)ccc31)CCNCC2)c1ccc(F)cc1F. The van der Waals surface area contributed by atoms with E-state index in [2.05, 4.69) is 40.3 Å². The maximum atomic E-state index is 14.7. The Hall–Kier alpha value is -2.73. The number of benzene rings is 2. The van der Waals surface area contributed by atoms with Crippen molar-refractivity contribution in [2.24, 2.45) is 0 Å². The van der Waals surface area contributed by atoms with Gasteiger partial charge in [0.15, 0.2) is 0 Å². The number of rotatable bonds is 5. The molecule has 0 radical (unpaired) electrons. The molecule has 2 aromatic carbocycles. The van der Waals surface area contributed by atoms with Gasteiger partial charge in [-0.3, -0.25) is 4.79 Å². The molecule has 4 nitrogen and oxygen atoms in total. The highest BCUT2D eigenvalue weighted by Gasteiger charge is 2.25. The third-order valence-electron chi connectivity index (χ3n) is 6.05. The van der Waals surface area contributed by atoms with Crippen LogP contribution >= 0.6 is 0 Å². The number of nitrogens with zero attached hydrogens (tertiary/aromatic N) is 1. The largest absolute Gasteiger partial charge is 0.359 e. The third-order valence-corrected chi connectivity index (χ3v) is 6.05. The molecule has 0 aliphatic carbocycles. The number of amides is 1. The minimum absolute atomic E-state index is 0.137. The minimum Gasteiger partial charge on any atom is -0.359 e. The normalized spacial score (nSPS) is 14.9. The lowest BCUT2D eigenvalue weighted by Crippen LogP contribution is -2.24. The zero-order chi connectivity index (χ0) is 21.3. The summed E-state index contributed by atoms with van der Waals surface area (Å²) in [6.45, 7) is 4.35. The van der Waals surface area contributed by atoms with E-state index in [1.165, 1.54) is 34.3 Å². The summed E-state index contributed by atoms with van der Waals surface area (Å²) in [6, 6.07) is 10.0. The van der Waals surface area contributed by atoms with Crippen molar-refractivity contribution in [3.8, 4) is 0 Å². The first-order valence-electron chi connectivity index (χ1n) is 10.4. The van der Waals surface area contributed by atoms with Gasteiger partial charge in [-0.15, -0.1) is 0 Å². The zero-order valence-corrected chi connectivity index (χ0v) is 17.4. The number of nitrogens with one attached hydrogen (secondary N) is 2. The van der Waals surface area contributed by atoms with Crippen molar-refractivity contribution in [2.75, 3.05) is 20.1 Å². The number of aromatic nitrogens is 1. The molecule has 3 aromatic rings. The predicted octanol–water partition coefficient (Wildman–Crippen LogP) is 3.84. The maximum Gasteiger partial charge on any atom is 0.220 e. The molecule has 6 heteroatoms. The molecule has 158 valence electrons. The summed E-state index contributed by atoms with van der Waals surface area (Å²) >= 11 is 0. The number of carbonyl (C=O) groups excluding carboxylic acids is 1. The van der Waals surface area contributed by atoms with E-state index in [0.717, 1.165) is 37.5 Å². The van der Waals surface area contributed by atoms with E-state index in [1.807, 2.05) is 0 Å². The molecule has 0 saturated heterocycles. The number of carbonyl (C=O) groups is 1. The lowest BCUT2D eigenvalue weighted by atomic mass is 9.94. The van der Waals surface area contributed by atoms with Gasteiger partial charge >= 0.3 is 0 Å². The van der Waals surface area contributed by atoms with Crippen molar-refractivity contribution in [1.29, 1.82) is 0 Å². The standard InChI is InChI=1S/C24H27F2N3O/c1-15-3-6-22-20(11-15)19-7-9-28-10-8-23(19)29(22)14-16(12-24(30)27-2)18-5-4-17(25)13-21(18)26/h3-6,11,13,16,28H,7-10,12,14H2,1-2H3,(H,27,30). The number of halogens is 2. The maximum absolute atomic E-state index is 14.7. The van der Waals surface area contributed by atoms with E-state index in [1.54, 1.807) is 7.05 Å². The molecule has 1 aromatic heterocycles. The van der Waals surface area contributed by atoms with Crippen LogP contribution in [-0.4, -0.2) is 30.6 Å². The first kappa shape index (κ1) is 20.5. The van der Waals surface area contributed by atoms with Crippen LogP contribution in [-0.2, 0) is 24.2 Å². The van der Waals surface area contributed by atoms with E-state index in [-0.39, 0.29) is 12.3 Å². The molecule has 2 heterocycles. The lowest BCUT2D eigenvalue weighted by Gasteiger charge is -2.21. The predicted molar refractivity (Wildman–Crippen MR) is 115 cm³/mol. The van der Waals surface area contributed by atoms with Crippen LogP contribution in [0.5, 0.6) is 0 Å². The van der Waals surface area contributed by atoms with Gasteiger partial charge in [-0.25, -0.2) is 8.78 Å². The Labute approximate surface area is 175 Å². The highest BCUT2D eigenvalue weighted by Crippen LogP contribution is 2.33. The van der Waals surface area contributed by atoms with Crippen LogP contribution in [0.2, 0.25) is 0 Å². The monoisotopic (exact) mass is 411 g/mol. The van der Waals surface area contributed by atoms with Crippen molar-refractivity contribution in [2.45, 2.75) is 38.6 Å². The Kier molecular flexibility index (Phi) is 5.86. The Bertz CT molecular complexity index is 1090. The summed E-state index contributed by atoms with van der Waals surface area (Å²) in [4.78, 5) is 12.2. The van der Waals surface area contributed by atoms with Crippen molar-refractivity contribution in [3.05, 3.63) is 70.4 Å². The molecule has 0 saturated carbocycles. The van der Waals surface area contributed by atoms with Crippen LogP contribution in [0.1, 0.15) is 34.7 Å². The molecular weight excluding hydrogens is 384 g/mol. The molecule has 1 unspecified atom stereocenters. The van der Waals surface area contributed by atoms with Crippen LogP contribution in [0.3, 0.4) is 0 Å². The highest BCUT2D eigenvalue weighted by molar-refractivity contribution is 5.86. The summed E-state index contributed by atoms with van der Waals surface area (Å²) in [5, 5.41) is 7.32. The molecule has 1 atom stereocenters. The van der Waals surface area contributed by atoms with Crippen molar-refractivity contribution in [1.82, 2.24) is 15.2 Å². The Morgan fingerprint density at radius 3 is 2.73 bits per heavy atom. The molecule has 0 bridgehead atoms. The average molecular weight is 411 g/mol. The molecular formula is C24H27F2N3O. The molecule has 0 fully saturated rings. The van der Waals surface area contributed by atoms with Gasteiger partial charge in [0.25, 0.3) is 0 Å². The zero-order valence-electron chi connectivity index (χ0n) is 17.4. The fourth-order valence-corrected chi connectivity index (χ4v) is 4.56. The second kappa shape index (κ2) is 8.56. The van der Waals surface area contributed by atoms with E-state index in [9.17, 15) is 13.6 Å². The number of hydrogen-bond acceptors (Lipinski definition) is 2. The molecule has 1 aliphatic heterocycles. The van der Waals surface area contributed by atoms with E-state index in [4.69, 9.17) is 0 Å². The molecule has 30 heavy (non-hydrogen) atoms. The first-order chi connectivity index (χ1) is 14.5. The number of aryl methyl sites for hydroxylation is 1. The number of fused-ring (bicyclic) bond motifs is 3. The quantitative estimate of drug-likeness (QED) is 0.670. The second-order valence-electron chi connectivity index (χ2n) is 8.05. The van der Waals surface area contributed by atoms with Crippen LogP contribution in [0, 0.1) is 18.6 Å². The molecule has 1 aliphatic rings. The summed E-state index contributed by atoms with van der Waals surface area (Å²) < 4.78 is 30.4. The Balaban J connectivity index is 1.83. The molecule has 1 amide bonds. The van der Waals surface area contributed by atoms with Crippen LogP contribution in [0.4, 0.5) is 8.78 Å². The molecule has 0 spiro atoms. The third kappa shape index (κ3) is 3.97. The minimum atomic E-state index is -0.614. The lowest BCUT2D eigenvalue weighted by molar-refractivity contribution is -0.121. The van der Waals surface area contributed by atoms with Crippen molar-refractivity contribution in [3.63, 3.8) is 0 Å². The van der Waals surface area contributed by atoms with Gasteiger partial charge in [0.2, 0.25) is 5.91 Å². The van der Waals surface area contributed by atoms with Gasteiger partial charge in [0.05, 0.1) is 0 Å². The average Bonchev–Trinajstić information content (AvgIpc) is 2.86. The van der Waals surface area contributed by atoms with Crippen LogP contribution in [0.15, 0.2) is 36.4 Å². The fraction of sp³-hybridized carbons (Fsp3) is 0.375. The molecule has 4 rings (SSSR count). The summed E-state index contributed by atoms with van der Waals surface area (Å²) in [7, 11) is 1.58.